The topological polar surface area (TPSA) is 61.4 Å². The zero-order chi connectivity index (χ0) is 18.4. The number of rotatable bonds is 5. The molecule has 2 aromatic carbocycles. The number of piperidine rings is 1. The number of nitrogens with one attached hydrogen (secondary N) is 2. The van der Waals surface area contributed by atoms with E-state index in [1.807, 2.05) is 47.4 Å². The van der Waals surface area contributed by atoms with Crippen LogP contribution in [0.4, 0.5) is 5.69 Å². The largest absolute Gasteiger partial charge is 0.370 e. The lowest BCUT2D eigenvalue weighted by Gasteiger charge is -2.31. The van der Waals surface area contributed by atoms with Crippen molar-refractivity contribution >= 4 is 17.5 Å². The van der Waals surface area contributed by atoms with Gasteiger partial charge in [-0.25, -0.2) is 0 Å². The molecule has 1 saturated heterocycles. The Kier molecular flexibility index (Phi) is 5.89. The molecule has 0 radical (unpaired) electrons. The van der Waals surface area contributed by atoms with E-state index in [1.54, 1.807) is 19.2 Å². The maximum absolute atomic E-state index is 13.2. The molecule has 136 valence electrons. The first-order valence-electron chi connectivity index (χ1n) is 9.11. The fraction of sp³-hybridized carbons (Fsp3) is 0.333. The van der Waals surface area contributed by atoms with Gasteiger partial charge in [-0.05, 0) is 43.0 Å². The lowest BCUT2D eigenvalue weighted by atomic mass is 10.0. The molecule has 5 heteroatoms. The first-order chi connectivity index (χ1) is 12.7. The van der Waals surface area contributed by atoms with Crippen LogP contribution in [0.3, 0.4) is 0 Å². The average Bonchev–Trinajstić information content (AvgIpc) is 2.72. The Morgan fingerprint density at radius 3 is 2.38 bits per heavy atom. The van der Waals surface area contributed by atoms with Gasteiger partial charge >= 0.3 is 0 Å². The van der Waals surface area contributed by atoms with Gasteiger partial charge in [0, 0.05) is 31.4 Å². The number of carbonyl (C=O) groups is 2. The summed E-state index contributed by atoms with van der Waals surface area (Å²) in [4.78, 5) is 27.0. The molecule has 1 fully saturated rings. The number of hydrogen-bond donors (Lipinski definition) is 2. The number of amides is 2. The summed E-state index contributed by atoms with van der Waals surface area (Å²) in [6, 6.07) is 16.5. The third-order valence-electron chi connectivity index (χ3n) is 4.71. The van der Waals surface area contributed by atoms with E-state index in [9.17, 15) is 9.59 Å². The molecule has 26 heavy (non-hydrogen) atoms. The maximum Gasteiger partial charge on any atom is 0.251 e. The highest BCUT2D eigenvalue weighted by molar-refractivity contribution is 5.95. The standard InChI is InChI=1S/C21H25N3O2/c1-22-20(25)17-11-8-12-18(15-17)23-19(16-9-4-2-5-10-16)21(26)24-13-6-3-7-14-24/h2,4-5,8-12,15,19,23H,3,6-7,13-14H2,1H3,(H,22,25). The molecule has 2 N–H and O–H groups in total. The van der Waals surface area contributed by atoms with Crippen molar-refractivity contribution in [1.82, 2.24) is 10.2 Å². The quantitative estimate of drug-likeness (QED) is 0.869. The molecule has 0 aromatic heterocycles. The van der Waals surface area contributed by atoms with Crippen LogP contribution >= 0.6 is 0 Å². The van der Waals surface area contributed by atoms with Gasteiger partial charge in [0.05, 0.1) is 0 Å². The second-order valence-corrected chi connectivity index (χ2v) is 6.53. The Balaban J connectivity index is 1.86. The van der Waals surface area contributed by atoms with Gasteiger partial charge in [-0.2, -0.15) is 0 Å². The Labute approximate surface area is 154 Å². The summed E-state index contributed by atoms with van der Waals surface area (Å²) in [5.74, 6) is -0.0616. The lowest BCUT2D eigenvalue weighted by Crippen LogP contribution is -2.41. The van der Waals surface area contributed by atoms with Gasteiger partial charge < -0.3 is 15.5 Å². The third-order valence-corrected chi connectivity index (χ3v) is 4.71. The van der Waals surface area contributed by atoms with Crippen LogP contribution in [0.5, 0.6) is 0 Å². The molecule has 0 aliphatic carbocycles. The normalized spacial score (nSPS) is 15.2. The fourth-order valence-corrected chi connectivity index (χ4v) is 3.29. The summed E-state index contributed by atoms with van der Waals surface area (Å²) in [7, 11) is 1.61. The Hall–Kier alpha value is -2.82. The minimum Gasteiger partial charge on any atom is -0.370 e. The van der Waals surface area contributed by atoms with Gasteiger partial charge in [-0.3, -0.25) is 9.59 Å². The number of likely N-dealkylation sites (tertiary alicyclic amines) is 1. The second kappa shape index (κ2) is 8.52. The van der Waals surface area contributed by atoms with E-state index in [4.69, 9.17) is 0 Å². The number of benzene rings is 2. The zero-order valence-corrected chi connectivity index (χ0v) is 15.1. The molecule has 1 aliphatic rings. The summed E-state index contributed by atoms with van der Waals surface area (Å²) >= 11 is 0. The van der Waals surface area contributed by atoms with Gasteiger partial charge in [0.1, 0.15) is 6.04 Å². The van der Waals surface area contributed by atoms with Crippen LogP contribution in [0, 0.1) is 0 Å². The van der Waals surface area contributed by atoms with E-state index < -0.39 is 6.04 Å². The Morgan fingerprint density at radius 1 is 0.962 bits per heavy atom. The van der Waals surface area contributed by atoms with E-state index in [-0.39, 0.29) is 11.8 Å². The molecule has 2 aromatic rings. The van der Waals surface area contributed by atoms with Gasteiger partial charge in [0.25, 0.3) is 5.91 Å². The van der Waals surface area contributed by atoms with Gasteiger partial charge in [0.2, 0.25) is 5.91 Å². The fourth-order valence-electron chi connectivity index (χ4n) is 3.29. The predicted octanol–water partition coefficient (Wildman–Crippen LogP) is 3.21. The molecule has 5 nitrogen and oxygen atoms in total. The van der Waals surface area contributed by atoms with Crippen LogP contribution < -0.4 is 10.6 Å². The first kappa shape index (κ1) is 18.0. The SMILES string of the molecule is CNC(=O)c1cccc(NC(C(=O)N2CCCCC2)c2ccccc2)c1. The third kappa shape index (κ3) is 4.23. The predicted molar refractivity (Wildman–Crippen MR) is 103 cm³/mol. The maximum atomic E-state index is 13.2. The van der Waals surface area contributed by atoms with Gasteiger partial charge in [0.15, 0.2) is 0 Å². The number of anilines is 1. The van der Waals surface area contributed by atoms with E-state index in [0.29, 0.717) is 5.56 Å². The van der Waals surface area contributed by atoms with Crippen molar-refractivity contribution in [2.75, 3.05) is 25.5 Å². The van der Waals surface area contributed by atoms with E-state index in [2.05, 4.69) is 10.6 Å². The second-order valence-electron chi connectivity index (χ2n) is 6.53. The van der Waals surface area contributed by atoms with Crippen molar-refractivity contribution in [1.29, 1.82) is 0 Å². The highest BCUT2D eigenvalue weighted by Crippen LogP contribution is 2.24. The molecule has 0 spiro atoms. The van der Waals surface area contributed by atoms with Gasteiger partial charge in [-0.1, -0.05) is 36.4 Å². The molecule has 1 heterocycles. The minimum atomic E-state index is -0.464. The summed E-state index contributed by atoms with van der Waals surface area (Å²) in [6.45, 7) is 1.62. The molecule has 1 aliphatic heterocycles. The molecule has 0 saturated carbocycles. The molecule has 0 bridgehead atoms. The molecule has 2 amide bonds. The number of nitrogens with zero attached hydrogens (tertiary/aromatic N) is 1. The lowest BCUT2D eigenvalue weighted by molar-refractivity contribution is -0.133. The first-order valence-corrected chi connectivity index (χ1v) is 9.11. The number of hydrogen-bond acceptors (Lipinski definition) is 3. The summed E-state index contributed by atoms with van der Waals surface area (Å²) in [5, 5.41) is 5.97. The zero-order valence-electron chi connectivity index (χ0n) is 15.1. The van der Waals surface area contributed by atoms with Crippen LogP contribution in [0.25, 0.3) is 0 Å². The Morgan fingerprint density at radius 2 is 1.69 bits per heavy atom. The van der Waals surface area contributed by atoms with Crippen LogP contribution in [0.2, 0.25) is 0 Å². The van der Waals surface area contributed by atoms with Crippen LogP contribution in [-0.4, -0.2) is 36.9 Å². The van der Waals surface area contributed by atoms with E-state index >= 15 is 0 Å². The van der Waals surface area contributed by atoms with Crippen molar-refractivity contribution in [2.45, 2.75) is 25.3 Å². The summed E-state index contributed by atoms with van der Waals surface area (Å²) in [6.07, 6.45) is 3.29. The van der Waals surface area contributed by atoms with Crippen LogP contribution in [0.15, 0.2) is 54.6 Å². The van der Waals surface area contributed by atoms with E-state index in [1.165, 1.54) is 6.42 Å². The van der Waals surface area contributed by atoms with Gasteiger partial charge in [-0.15, -0.1) is 0 Å². The van der Waals surface area contributed by atoms with Crippen molar-refractivity contribution in [3.8, 4) is 0 Å². The molecule has 1 atom stereocenters. The highest BCUT2D eigenvalue weighted by Gasteiger charge is 2.27. The molecular formula is C21H25N3O2. The van der Waals surface area contributed by atoms with Crippen LogP contribution in [0.1, 0.15) is 41.2 Å². The smallest absolute Gasteiger partial charge is 0.251 e. The Bertz CT molecular complexity index is 755. The van der Waals surface area contributed by atoms with Crippen molar-refractivity contribution in [3.63, 3.8) is 0 Å². The van der Waals surface area contributed by atoms with Crippen molar-refractivity contribution < 1.29 is 9.59 Å². The van der Waals surface area contributed by atoms with Crippen molar-refractivity contribution in [3.05, 3.63) is 65.7 Å². The molecule has 1 unspecified atom stereocenters. The van der Waals surface area contributed by atoms with Crippen LogP contribution in [-0.2, 0) is 4.79 Å². The summed E-state index contributed by atoms with van der Waals surface area (Å²) < 4.78 is 0. The van der Waals surface area contributed by atoms with Crippen molar-refractivity contribution in [2.24, 2.45) is 0 Å². The minimum absolute atomic E-state index is 0.0845. The number of carbonyl (C=O) groups excluding carboxylic acids is 2. The highest BCUT2D eigenvalue weighted by atomic mass is 16.2. The molecule has 3 rings (SSSR count). The monoisotopic (exact) mass is 351 g/mol. The molecular weight excluding hydrogens is 326 g/mol. The van der Waals surface area contributed by atoms with E-state index in [0.717, 1.165) is 37.2 Å². The average molecular weight is 351 g/mol. The summed E-state index contributed by atoms with van der Waals surface area (Å²) in [5.41, 5.74) is 2.24.